The minimum absolute atomic E-state index is 0.0134. The second kappa shape index (κ2) is 13.1. The Balaban J connectivity index is 1.38. The van der Waals surface area contributed by atoms with Crippen molar-refractivity contribution in [1.82, 2.24) is 9.80 Å². The predicted molar refractivity (Wildman–Crippen MR) is 153 cm³/mol. The van der Waals surface area contributed by atoms with Gasteiger partial charge >= 0.3 is 5.97 Å². The molecule has 2 aromatic carbocycles. The molecule has 2 aromatic rings. The molecule has 0 radical (unpaired) electrons. The Labute approximate surface area is 227 Å². The molecule has 206 valence electrons. The van der Waals surface area contributed by atoms with Gasteiger partial charge in [-0.05, 0) is 92.5 Å². The molecule has 7 heteroatoms. The molecule has 4 N–H and O–H groups in total. The van der Waals surface area contributed by atoms with Gasteiger partial charge in [-0.2, -0.15) is 0 Å². The first-order chi connectivity index (χ1) is 18.4. The molecule has 2 aliphatic heterocycles. The highest BCUT2D eigenvalue weighted by molar-refractivity contribution is 5.74. The van der Waals surface area contributed by atoms with Crippen LogP contribution in [-0.4, -0.2) is 60.5 Å². The maximum Gasteiger partial charge on any atom is 0.304 e. The van der Waals surface area contributed by atoms with Gasteiger partial charge in [0.15, 0.2) is 0 Å². The largest absolute Gasteiger partial charge is 0.481 e. The lowest BCUT2D eigenvalue weighted by Crippen LogP contribution is -2.30. The van der Waals surface area contributed by atoms with Gasteiger partial charge in [-0.15, -0.1) is 0 Å². The number of carbonyl (C=O) groups excluding carboxylic acids is 1. The van der Waals surface area contributed by atoms with Crippen LogP contribution in [0.5, 0.6) is 0 Å². The molecule has 1 fully saturated rings. The van der Waals surface area contributed by atoms with Crippen LogP contribution >= 0.6 is 0 Å². The van der Waals surface area contributed by atoms with Crippen LogP contribution in [0.25, 0.3) is 0 Å². The molecule has 1 amide bonds. The summed E-state index contributed by atoms with van der Waals surface area (Å²) in [6.45, 7) is 6.62. The van der Waals surface area contributed by atoms with Crippen LogP contribution in [-0.2, 0) is 22.6 Å². The fourth-order valence-electron chi connectivity index (χ4n) is 6.07. The Kier molecular flexibility index (Phi) is 9.67. The number of benzene rings is 2. The smallest absolute Gasteiger partial charge is 0.304 e. The second-order valence-corrected chi connectivity index (χ2v) is 11.3. The summed E-state index contributed by atoms with van der Waals surface area (Å²) in [5.41, 5.74) is 13.3. The van der Waals surface area contributed by atoms with Crippen LogP contribution < -0.4 is 11.1 Å². The van der Waals surface area contributed by atoms with E-state index in [1.807, 2.05) is 25.1 Å². The number of unbranched alkanes of at least 4 members (excludes halogenated alkanes) is 2. The molecule has 0 aromatic heterocycles. The average Bonchev–Trinajstić information content (AvgIpc) is 2.92. The summed E-state index contributed by atoms with van der Waals surface area (Å²) in [5.74, 6) is -0.259. The molecule has 2 aliphatic rings. The van der Waals surface area contributed by atoms with Gasteiger partial charge in [-0.1, -0.05) is 43.5 Å². The standard InChI is InChI=1S/C31H44N4O3/c1-22-27(28(19-30(37)38)25-8-7-24-13-17-35(21-36)20-26(24)18-25)9-10-29(31(22)32)33-14-5-3-4-6-23-11-15-34(2)16-12-23/h7-10,18,21,23,28,33H,3-6,11-17,19-20,32H2,1-2H3,(H,37,38). The molecule has 1 unspecified atom stereocenters. The summed E-state index contributed by atoms with van der Waals surface area (Å²) in [5, 5.41) is 13.2. The van der Waals surface area contributed by atoms with Crippen LogP contribution in [0.4, 0.5) is 11.4 Å². The molecule has 1 atom stereocenters. The van der Waals surface area contributed by atoms with Crippen molar-refractivity contribution >= 4 is 23.8 Å². The van der Waals surface area contributed by atoms with E-state index in [9.17, 15) is 14.7 Å². The van der Waals surface area contributed by atoms with Gasteiger partial charge in [0.2, 0.25) is 6.41 Å². The maximum absolute atomic E-state index is 11.8. The lowest BCUT2D eigenvalue weighted by Gasteiger charge is -2.28. The zero-order valence-corrected chi connectivity index (χ0v) is 23.0. The van der Waals surface area contributed by atoms with E-state index in [-0.39, 0.29) is 12.3 Å². The van der Waals surface area contributed by atoms with E-state index in [0.29, 0.717) is 12.2 Å². The van der Waals surface area contributed by atoms with Crippen LogP contribution in [0, 0.1) is 12.8 Å². The number of carbonyl (C=O) groups is 2. The van der Waals surface area contributed by atoms with Crippen molar-refractivity contribution in [1.29, 1.82) is 0 Å². The molecule has 2 heterocycles. The summed E-state index contributed by atoms with van der Waals surface area (Å²) >= 11 is 0. The van der Waals surface area contributed by atoms with Gasteiger partial charge in [-0.3, -0.25) is 9.59 Å². The number of likely N-dealkylation sites (tertiary alicyclic amines) is 1. The van der Waals surface area contributed by atoms with E-state index in [0.717, 1.165) is 66.2 Å². The number of aliphatic carboxylic acids is 1. The lowest BCUT2D eigenvalue weighted by molar-refractivity contribution is -0.137. The van der Waals surface area contributed by atoms with E-state index in [1.165, 1.54) is 50.8 Å². The molecule has 0 saturated carbocycles. The van der Waals surface area contributed by atoms with Gasteiger partial charge < -0.3 is 26.0 Å². The van der Waals surface area contributed by atoms with Gasteiger partial charge in [0.25, 0.3) is 0 Å². The van der Waals surface area contributed by atoms with E-state index < -0.39 is 5.97 Å². The van der Waals surface area contributed by atoms with Crippen LogP contribution in [0.15, 0.2) is 30.3 Å². The van der Waals surface area contributed by atoms with Gasteiger partial charge in [-0.25, -0.2) is 0 Å². The summed E-state index contributed by atoms with van der Waals surface area (Å²) in [7, 11) is 2.21. The first kappa shape index (κ1) is 28.0. The van der Waals surface area contributed by atoms with Crippen molar-refractivity contribution in [3.63, 3.8) is 0 Å². The third-order valence-corrected chi connectivity index (χ3v) is 8.58. The molecule has 1 saturated heterocycles. The van der Waals surface area contributed by atoms with Crippen molar-refractivity contribution < 1.29 is 14.7 Å². The van der Waals surface area contributed by atoms with E-state index in [1.54, 1.807) is 4.90 Å². The number of nitrogen functional groups attached to an aromatic ring is 1. The third kappa shape index (κ3) is 7.07. The van der Waals surface area contributed by atoms with Crippen molar-refractivity contribution in [2.24, 2.45) is 5.92 Å². The minimum Gasteiger partial charge on any atom is -0.481 e. The molecular formula is C31H44N4O3. The topological polar surface area (TPSA) is 98.9 Å². The molecule has 38 heavy (non-hydrogen) atoms. The Hall–Kier alpha value is -3.06. The molecule has 0 spiro atoms. The minimum atomic E-state index is -0.845. The summed E-state index contributed by atoms with van der Waals surface area (Å²) in [6.07, 6.45) is 9.32. The Morgan fingerprint density at radius 1 is 1.13 bits per heavy atom. The number of carboxylic acids is 1. The number of amides is 1. The highest BCUT2D eigenvalue weighted by Crippen LogP contribution is 2.37. The molecular weight excluding hydrogens is 476 g/mol. The van der Waals surface area contributed by atoms with Crippen LogP contribution in [0.3, 0.4) is 0 Å². The highest BCUT2D eigenvalue weighted by atomic mass is 16.4. The van der Waals surface area contributed by atoms with Gasteiger partial charge in [0.1, 0.15) is 0 Å². The first-order valence-corrected chi connectivity index (χ1v) is 14.2. The zero-order valence-electron chi connectivity index (χ0n) is 23.0. The summed E-state index contributed by atoms with van der Waals surface area (Å²) < 4.78 is 0. The number of hydrogen-bond acceptors (Lipinski definition) is 5. The SMILES string of the molecule is Cc1c(C(CC(=O)O)c2ccc3c(c2)CN(C=O)CC3)ccc(NCCCCCC2CCN(C)CC2)c1N. The summed E-state index contributed by atoms with van der Waals surface area (Å²) in [4.78, 5) is 27.3. The molecule has 4 rings (SSSR count). The van der Waals surface area contributed by atoms with Crippen LogP contribution in [0.1, 0.15) is 78.7 Å². The van der Waals surface area contributed by atoms with Crippen LogP contribution in [0.2, 0.25) is 0 Å². The number of hydrogen-bond donors (Lipinski definition) is 3. The monoisotopic (exact) mass is 520 g/mol. The van der Waals surface area contributed by atoms with Crippen molar-refractivity contribution in [3.8, 4) is 0 Å². The zero-order chi connectivity index (χ0) is 27.1. The fraction of sp³-hybridized carbons (Fsp3) is 0.548. The second-order valence-electron chi connectivity index (χ2n) is 11.3. The van der Waals surface area contributed by atoms with E-state index >= 15 is 0 Å². The number of anilines is 2. The fourth-order valence-corrected chi connectivity index (χ4v) is 6.07. The Morgan fingerprint density at radius 2 is 1.92 bits per heavy atom. The molecule has 0 bridgehead atoms. The Bertz CT molecular complexity index is 1110. The van der Waals surface area contributed by atoms with E-state index in [2.05, 4.69) is 29.4 Å². The molecule has 0 aliphatic carbocycles. The number of nitrogens with two attached hydrogens (primary N) is 1. The maximum atomic E-state index is 11.8. The first-order valence-electron chi connectivity index (χ1n) is 14.2. The predicted octanol–water partition coefficient (Wildman–Crippen LogP) is 5.01. The van der Waals surface area contributed by atoms with Crippen molar-refractivity contribution in [3.05, 3.63) is 58.1 Å². The number of piperidine rings is 1. The highest BCUT2D eigenvalue weighted by Gasteiger charge is 2.24. The van der Waals surface area contributed by atoms with Crippen molar-refractivity contribution in [2.45, 2.75) is 70.8 Å². The number of nitrogens with zero attached hydrogens (tertiary/aromatic N) is 2. The third-order valence-electron chi connectivity index (χ3n) is 8.58. The number of carboxylic acid groups (broad SMARTS) is 1. The normalized spacial score (nSPS) is 17.2. The quantitative estimate of drug-likeness (QED) is 0.207. The van der Waals surface area contributed by atoms with Gasteiger partial charge in [0.05, 0.1) is 17.8 Å². The number of nitrogens with one attached hydrogen (secondary N) is 1. The number of rotatable bonds is 12. The van der Waals surface area contributed by atoms with Crippen molar-refractivity contribution in [2.75, 3.05) is 44.3 Å². The number of fused-ring (bicyclic) bond motifs is 1. The average molecular weight is 521 g/mol. The molecule has 7 nitrogen and oxygen atoms in total. The summed E-state index contributed by atoms with van der Waals surface area (Å²) in [6, 6.07) is 10.2. The lowest BCUT2D eigenvalue weighted by atomic mass is 9.83. The van der Waals surface area contributed by atoms with E-state index in [4.69, 9.17) is 5.73 Å². The van der Waals surface area contributed by atoms with Gasteiger partial charge in [0, 0.05) is 25.6 Å². The Morgan fingerprint density at radius 3 is 2.66 bits per heavy atom.